The lowest BCUT2D eigenvalue weighted by molar-refractivity contribution is -0.124. The van der Waals surface area contributed by atoms with Gasteiger partial charge in [0, 0.05) is 5.92 Å². The first-order valence-corrected chi connectivity index (χ1v) is 10.7. The molecule has 1 amide bonds. The van der Waals surface area contributed by atoms with Crippen LogP contribution in [0.5, 0.6) is 5.75 Å². The van der Waals surface area contributed by atoms with Crippen LogP contribution in [0.25, 0.3) is 10.2 Å². The number of methoxy groups -OCH3 is 1. The van der Waals surface area contributed by atoms with Gasteiger partial charge in [0.25, 0.3) is 0 Å². The number of benzene rings is 3. The van der Waals surface area contributed by atoms with E-state index in [1.54, 1.807) is 7.11 Å². The number of hydrogen-bond donors (Lipinski definition) is 1. The third kappa shape index (κ3) is 3.94. The normalized spacial score (nSPS) is 12.5. The van der Waals surface area contributed by atoms with Gasteiger partial charge in [-0.05, 0) is 35.4 Å². The summed E-state index contributed by atoms with van der Waals surface area (Å²) >= 11 is 1.49. The van der Waals surface area contributed by atoms with Gasteiger partial charge in [0.1, 0.15) is 5.75 Å². The molecule has 5 heteroatoms. The highest BCUT2D eigenvalue weighted by atomic mass is 32.1. The van der Waals surface area contributed by atoms with E-state index in [-0.39, 0.29) is 11.8 Å². The topological polar surface area (TPSA) is 51.2 Å². The summed E-state index contributed by atoms with van der Waals surface area (Å²) < 4.78 is 6.49. The quantitative estimate of drug-likeness (QED) is 0.413. The SMILES string of the molecule is COc1cccc(C(c2ccccc2)C(C)(C)C(=O)Nc2nc3ccccc3s2)c1. The fourth-order valence-electron chi connectivity index (χ4n) is 3.81. The van der Waals surface area contributed by atoms with Crippen LogP contribution in [0.2, 0.25) is 0 Å². The lowest BCUT2D eigenvalue weighted by Gasteiger charge is -2.34. The zero-order valence-electron chi connectivity index (χ0n) is 17.3. The Kier molecular flexibility index (Phi) is 5.55. The molecular weight excluding hydrogens is 392 g/mol. The van der Waals surface area contributed by atoms with E-state index in [1.165, 1.54) is 11.3 Å². The number of ether oxygens (including phenoxy) is 1. The van der Waals surface area contributed by atoms with Crippen LogP contribution in [-0.2, 0) is 4.79 Å². The van der Waals surface area contributed by atoms with E-state index >= 15 is 0 Å². The zero-order valence-corrected chi connectivity index (χ0v) is 18.1. The van der Waals surface area contributed by atoms with Gasteiger partial charge in [0.05, 0.1) is 22.7 Å². The molecule has 1 unspecified atom stereocenters. The van der Waals surface area contributed by atoms with Crippen molar-refractivity contribution in [1.29, 1.82) is 0 Å². The summed E-state index contributed by atoms with van der Waals surface area (Å²) in [6, 6.07) is 26.0. The number of para-hydroxylation sites is 1. The van der Waals surface area contributed by atoms with Gasteiger partial charge in [-0.1, -0.05) is 79.8 Å². The number of amides is 1. The molecule has 1 atom stereocenters. The molecule has 0 saturated carbocycles. The van der Waals surface area contributed by atoms with E-state index < -0.39 is 5.41 Å². The maximum atomic E-state index is 13.5. The smallest absolute Gasteiger partial charge is 0.232 e. The lowest BCUT2D eigenvalue weighted by atomic mass is 9.70. The molecule has 0 bridgehead atoms. The number of anilines is 1. The van der Waals surface area contributed by atoms with Crippen LogP contribution in [0.3, 0.4) is 0 Å². The molecule has 1 aromatic heterocycles. The van der Waals surface area contributed by atoms with Crippen LogP contribution in [0, 0.1) is 5.41 Å². The van der Waals surface area contributed by atoms with E-state index in [9.17, 15) is 4.79 Å². The minimum Gasteiger partial charge on any atom is -0.497 e. The summed E-state index contributed by atoms with van der Waals surface area (Å²) in [5, 5.41) is 3.67. The molecule has 4 nitrogen and oxygen atoms in total. The molecule has 4 rings (SSSR count). The average molecular weight is 417 g/mol. The Labute approximate surface area is 180 Å². The van der Waals surface area contributed by atoms with Crippen molar-refractivity contribution in [3.05, 3.63) is 90.0 Å². The van der Waals surface area contributed by atoms with E-state index in [0.29, 0.717) is 5.13 Å². The van der Waals surface area contributed by atoms with Gasteiger partial charge in [0.15, 0.2) is 5.13 Å². The molecule has 0 aliphatic carbocycles. The van der Waals surface area contributed by atoms with Crippen molar-refractivity contribution in [3.8, 4) is 5.75 Å². The molecule has 152 valence electrons. The van der Waals surface area contributed by atoms with Crippen molar-refractivity contribution in [2.45, 2.75) is 19.8 Å². The molecule has 3 aromatic carbocycles. The van der Waals surface area contributed by atoms with Gasteiger partial charge in [0.2, 0.25) is 5.91 Å². The number of hydrogen-bond acceptors (Lipinski definition) is 4. The Hall–Kier alpha value is -3.18. The number of fused-ring (bicyclic) bond motifs is 1. The minimum absolute atomic E-state index is 0.0711. The minimum atomic E-state index is -0.731. The molecule has 0 saturated heterocycles. The predicted octanol–water partition coefficient (Wildman–Crippen LogP) is 6.10. The van der Waals surface area contributed by atoms with Crippen molar-refractivity contribution >= 4 is 32.6 Å². The maximum Gasteiger partial charge on any atom is 0.232 e. The van der Waals surface area contributed by atoms with Gasteiger partial charge in [-0.25, -0.2) is 4.98 Å². The van der Waals surface area contributed by atoms with E-state index in [4.69, 9.17) is 4.74 Å². The van der Waals surface area contributed by atoms with Crippen molar-refractivity contribution in [1.82, 2.24) is 4.98 Å². The second-order valence-corrected chi connectivity index (χ2v) is 8.81. The summed E-state index contributed by atoms with van der Waals surface area (Å²) in [4.78, 5) is 18.0. The number of thiazole rings is 1. The molecule has 0 radical (unpaired) electrons. The largest absolute Gasteiger partial charge is 0.497 e. The predicted molar refractivity (Wildman–Crippen MR) is 123 cm³/mol. The molecule has 1 heterocycles. The Morgan fingerprint density at radius 1 is 0.967 bits per heavy atom. The average Bonchev–Trinajstić information content (AvgIpc) is 3.17. The number of nitrogens with zero attached hydrogens (tertiary/aromatic N) is 1. The molecule has 30 heavy (non-hydrogen) atoms. The third-order valence-corrected chi connectivity index (χ3v) is 6.33. The number of aromatic nitrogens is 1. The summed E-state index contributed by atoms with van der Waals surface area (Å²) in [6.07, 6.45) is 0. The van der Waals surface area contributed by atoms with Crippen LogP contribution in [0.4, 0.5) is 5.13 Å². The number of carbonyl (C=O) groups excluding carboxylic acids is 1. The molecule has 0 aliphatic rings. The second-order valence-electron chi connectivity index (χ2n) is 7.78. The van der Waals surface area contributed by atoms with Crippen LogP contribution in [-0.4, -0.2) is 18.0 Å². The number of carbonyl (C=O) groups is 1. The second kappa shape index (κ2) is 8.28. The van der Waals surface area contributed by atoms with Gasteiger partial charge in [-0.2, -0.15) is 0 Å². The first kappa shape index (κ1) is 20.1. The molecule has 1 N–H and O–H groups in total. The summed E-state index contributed by atoms with van der Waals surface area (Å²) in [5.41, 5.74) is 2.27. The molecular formula is C25H24N2O2S. The standard InChI is InChI=1S/C25H24N2O2S/c1-25(2,23(28)27-24-26-20-14-7-8-15-21(20)30-24)22(17-10-5-4-6-11-17)18-12-9-13-19(16-18)29-3/h4-16,22H,1-3H3,(H,26,27,28). The highest BCUT2D eigenvalue weighted by Crippen LogP contribution is 2.43. The fraction of sp³-hybridized carbons (Fsp3) is 0.200. The van der Waals surface area contributed by atoms with Crippen LogP contribution < -0.4 is 10.1 Å². The summed E-state index contributed by atoms with van der Waals surface area (Å²) in [7, 11) is 1.65. The highest BCUT2D eigenvalue weighted by molar-refractivity contribution is 7.22. The lowest BCUT2D eigenvalue weighted by Crippen LogP contribution is -2.37. The van der Waals surface area contributed by atoms with Crippen molar-refractivity contribution in [3.63, 3.8) is 0 Å². The van der Waals surface area contributed by atoms with Crippen LogP contribution in [0.15, 0.2) is 78.9 Å². The Morgan fingerprint density at radius 2 is 1.67 bits per heavy atom. The molecule has 4 aromatic rings. The number of rotatable bonds is 6. The van der Waals surface area contributed by atoms with Crippen LogP contribution >= 0.6 is 11.3 Å². The maximum absolute atomic E-state index is 13.5. The molecule has 0 spiro atoms. The van der Waals surface area contributed by atoms with Gasteiger partial charge in [-0.15, -0.1) is 0 Å². The van der Waals surface area contributed by atoms with E-state index in [1.807, 2.05) is 80.6 Å². The van der Waals surface area contributed by atoms with Crippen molar-refractivity contribution in [2.75, 3.05) is 12.4 Å². The Balaban J connectivity index is 1.71. The van der Waals surface area contributed by atoms with Crippen molar-refractivity contribution < 1.29 is 9.53 Å². The first-order chi connectivity index (χ1) is 14.5. The molecule has 0 aliphatic heterocycles. The Bertz CT molecular complexity index is 1130. The summed E-state index contributed by atoms with van der Waals surface area (Å²) in [5.74, 6) is 0.553. The van der Waals surface area contributed by atoms with Crippen LogP contribution in [0.1, 0.15) is 30.9 Å². The zero-order chi connectivity index (χ0) is 21.1. The highest BCUT2D eigenvalue weighted by Gasteiger charge is 2.39. The first-order valence-electron chi connectivity index (χ1n) is 9.85. The number of nitrogens with one attached hydrogen (secondary N) is 1. The van der Waals surface area contributed by atoms with E-state index in [2.05, 4.69) is 22.4 Å². The van der Waals surface area contributed by atoms with Gasteiger partial charge >= 0.3 is 0 Å². The summed E-state index contributed by atoms with van der Waals surface area (Å²) in [6.45, 7) is 3.96. The van der Waals surface area contributed by atoms with Crippen molar-refractivity contribution in [2.24, 2.45) is 5.41 Å². The molecule has 0 fully saturated rings. The van der Waals surface area contributed by atoms with Gasteiger partial charge < -0.3 is 10.1 Å². The third-order valence-electron chi connectivity index (χ3n) is 5.38. The monoisotopic (exact) mass is 416 g/mol. The Morgan fingerprint density at radius 3 is 2.40 bits per heavy atom. The fourth-order valence-corrected chi connectivity index (χ4v) is 4.67. The van der Waals surface area contributed by atoms with E-state index in [0.717, 1.165) is 27.1 Å². The van der Waals surface area contributed by atoms with Gasteiger partial charge in [-0.3, -0.25) is 4.79 Å².